The maximum atomic E-state index is 12.5. The maximum Gasteiger partial charge on any atom is 0.312 e. The molecule has 21 heavy (non-hydrogen) atoms. The van der Waals surface area contributed by atoms with Crippen molar-refractivity contribution >= 4 is 39.1 Å². The van der Waals surface area contributed by atoms with Crippen LogP contribution in [0, 0.1) is 0 Å². The Balaban J connectivity index is 1.93. The molecule has 0 bridgehead atoms. The molecule has 1 aromatic carbocycles. The summed E-state index contributed by atoms with van der Waals surface area (Å²) < 4.78 is 0.887. The average Bonchev–Trinajstić information content (AvgIpc) is 2.91. The van der Waals surface area contributed by atoms with Gasteiger partial charge in [0.15, 0.2) is 0 Å². The highest BCUT2D eigenvalue weighted by Crippen LogP contribution is 2.31. The monoisotopic (exact) mass is 365 g/mol. The zero-order valence-electron chi connectivity index (χ0n) is 11.0. The number of rotatable bonds is 2. The van der Waals surface area contributed by atoms with Gasteiger partial charge in [0.1, 0.15) is 0 Å². The van der Waals surface area contributed by atoms with Gasteiger partial charge in [0.05, 0.1) is 14.6 Å². The Morgan fingerprint density at radius 2 is 2.00 bits per heavy atom. The third kappa shape index (κ3) is 2.73. The van der Waals surface area contributed by atoms with Crippen LogP contribution >= 0.6 is 27.3 Å². The van der Waals surface area contributed by atoms with E-state index in [0.29, 0.717) is 11.4 Å². The van der Waals surface area contributed by atoms with Crippen LogP contribution in [-0.2, 0) is 11.3 Å². The highest BCUT2D eigenvalue weighted by molar-refractivity contribution is 9.11. The lowest BCUT2D eigenvalue weighted by molar-refractivity contribution is -0.139. The second kappa shape index (κ2) is 5.61. The number of hydrogen-bond donors (Lipinski definition) is 1. The number of nitrogens with zero attached hydrogens (tertiary/aromatic N) is 1. The zero-order chi connectivity index (χ0) is 15.0. The molecule has 0 saturated heterocycles. The number of carboxylic acid groups (broad SMARTS) is 1. The van der Waals surface area contributed by atoms with Crippen molar-refractivity contribution in [2.75, 3.05) is 6.54 Å². The van der Waals surface area contributed by atoms with E-state index < -0.39 is 11.9 Å². The Hall–Kier alpha value is -1.66. The van der Waals surface area contributed by atoms with Gasteiger partial charge in [-0.15, -0.1) is 11.3 Å². The van der Waals surface area contributed by atoms with Crippen molar-refractivity contribution in [3.05, 3.63) is 56.2 Å². The Morgan fingerprint density at radius 1 is 1.24 bits per heavy atom. The number of carbonyl (C=O) groups excluding carboxylic acids is 1. The number of thiophene rings is 1. The lowest BCUT2D eigenvalue weighted by Crippen LogP contribution is -2.40. The van der Waals surface area contributed by atoms with Crippen LogP contribution in [0.2, 0.25) is 0 Å². The maximum absolute atomic E-state index is 12.5. The van der Waals surface area contributed by atoms with Crippen LogP contribution in [0.25, 0.3) is 0 Å². The molecule has 0 radical (unpaired) electrons. The van der Waals surface area contributed by atoms with Crippen LogP contribution in [0.15, 0.2) is 40.2 Å². The highest BCUT2D eigenvalue weighted by Gasteiger charge is 2.33. The Labute approximate surface area is 134 Å². The van der Waals surface area contributed by atoms with Gasteiger partial charge in [0, 0.05) is 13.1 Å². The fraction of sp³-hybridized carbons (Fsp3) is 0.200. The van der Waals surface area contributed by atoms with Crippen LogP contribution < -0.4 is 0 Å². The van der Waals surface area contributed by atoms with Crippen molar-refractivity contribution in [3.8, 4) is 0 Å². The fourth-order valence-corrected chi connectivity index (χ4v) is 3.91. The third-order valence-corrected chi connectivity index (χ3v) is 5.18. The summed E-state index contributed by atoms with van der Waals surface area (Å²) in [4.78, 5) is 26.2. The molecule has 2 heterocycles. The molecule has 0 spiro atoms. The predicted molar refractivity (Wildman–Crippen MR) is 83.6 cm³/mol. The first-order valence-corrected chi connectivity index (χ1v) is 8.02. The van der Waals surface area contributed by atoms with Crippen LogP contribution in [-0.4, -0.2) is 28.4 Å². The van der Waals surface area contributed by atoms with Crippen molar-refractivity contribution in [1.82, 2.24) is 4.90 Å². The molecule has 108 valence electrons. The number of fused-ring (bicyclic) bond motifs is 1. The summed E-state index contributed by atoms with van der Waals surface area (Å²) in [5.74, 6) is -1.68. The molecule has 1 aliphatic rings. The number of hydrogen-bond acceptors (Lipinski definition) is 3. The van der Waals surface area contributed by atoms with E-state index in [1.165, 1.54) is 11.3 Å². The van der Waals surface area contributed by atoms with Gasteiger partial charge < -0.3 is 10.0 Å². The van der Waals surface area contributed by atoms with Crippen LogP contribution in [0.5, 0.6) is 0 Å². The molecule has 1 atom stereocenters. The molecule has 6 heteroatoms. The molecular weight excluding hydrogens is 354 g/mol. The van der Waals surface area contributed by atoms with E-state index in [9.17, 15) is 14.7 Å². The quantitative estimate of drug-likeness (QED) is 0.887. The Morgan fingerprint density at radius 3 is 2.67 bits per heavy atom. The van der Waals surface area contributed by atoms with Gasteiger partial charge >= 0.3 is 5.97 Å². The second-order valence-electron chi connectivity index (χ2n) is 4.88. The molecule has 1 N–H and O–H groups in total. The molecule has 1 aromatic heterocycles. The molecule has 3 rings (SSSR count). The molecule has 0 saturated carbocycles. The summed E-state index contributed by atoms with van der Waals surface area (Å²) in [5, 5.41) is 9.42. The van der Waals surface area contributed by atoms with Gasteiger partial charge in [-0.1, -0.05) is 24.3 Å². The van der Waals surface area contributed by atoms with E-state index in [0.717, 1.165) is 14.9 Å². The zero-order valence-corrected chi connectivity index (χ0v) is 13.4. The summed E-state index contributed by atoms with van der Waals surface area (Å²) in [7, 11) is 0. The van der Waals surface area contributed by atoms with E-state index >= 15 is 0 Å². The summed E-state index contributed by atoms with van der Waals surface area (Å²) in [6, 6.07) is 11.0. The van der Waals surface area contributed by atoms with Crippen molar-refractivity contribution in [3.63, 3.8) is 0 Å². The van der Waals surface area contributed by atoms with E-state index in [-0.39, 0.29) is 12.5 Å². The predicted octanol–water partition coefficient (Wildman–Crippen LogP) is 3.33. The van der Waals surface area contributed by atoms with E-state index in [4.69, 9.17) is 0 Å². The van der Waals surface area contributed by atoms with Crippen LogP contribution in [0.1, 0.15) is 26.7 Å². The minimum absolute atomic E-state index is 0.119. The lowest BCUT2D eigenvalue weighted by atomic mass is 9.90. The van der Waals surface area contributed by atoms with Gasteiger partial charge in [-0.05, 0) is 39.2 Å². The number of aliphatic carboxylic acids is 1. The normalized spacial score (nSPS) is 17.4. The standard InChI is InChI=1S/C15H12BrNO3S/c16-13-6-5-12(21-13)14(18)17-7-9-3-1-2-4-10(9)11(8-17)15(19)20/h1-6,11H,7-8H2,(H,19,20). The van der Waals surface area contributed by atoms with E-state index in [1.807, 2.05) is 30.3 Å². The summed E-state index contributed by atoms with van der Waals surface area (Å²) in [5.41, 5.74) is 1.71. The SMILES string of the molecule is O=C(O)C1CN(C(=O)c2ccc(Br)s2)Cc2ccccc21. The van der Waals surface area contributed by atoms with Crippen molar-refractivity contribution < 1.29 is 14.7 Å². The van der Waals surface area contributed by atoms with Gasteiger partial charge in [-0.2, -0.15) is 0 Å². The Bertz CT molecular complexity index is 712. The third-order valence-electron chi connectivity index (χ3n) is 3.56. The average molecular weight is 366 g/mol. The molecule has 0 fully saturated rings. The lowest BCUT2D eigenvalue weighted by Gasteiger charge is -2.32. The molecule has 4 nitrogen and oxygen atoms in total. The second-order valence-corrected chi connectivity index (χ2v) is 7.34. The number of benzene rings is 1. The molecular formula is C15H12BrNO3S. The summed E-state index contributed by atoms with van der Waals surface area (Å²) in [6.07, 6.45) is 0. The van der Waals surface area contributed by atoms with Gasteiger partial charge in [-0.25, -0.2) is 0 Å². The van der Waals surface area contributed by atoms with Gasteiger partial charge in [0.2, 0.25) is 0 Å². The molecule has 1 unspecified atom stereocenters. The molecule has 1 amide bonds. The molecule has 1 aliphatic heterocycles. The van der Waals surface area contributed by atoms with Gasteiger partial charge in [-0.3, -0.25) is 9.59 Å². The number of halogens is 1. The highest BCUT2D eigenvalue weighted by atomic mass is 79.9. The van der Waals surface area contributed by atoms with Crippen molar-refractivity contribution in [1.29, 1.82) is 0 Å². The summed E-state index contributed by atoms with van der Waals surface area (Å²) in [6.45, 7) is 0.662. The minimum Gasteiger partial charge on any atom is -0.481 e. The first kappa shape index (κ1) is 14.3. The number of amides is 1. The van der Waals surface area contributed by atoms with Crippen molar-refractivity contribution in [2.24, 2.45) is 0 Å². The van der Waals surface area contributed by atoms with Crippen LogP contribution in [0.3, 0.4) is 0 Å². The smallest absolute Gasteiger partial charge is 0.312 e. The number of carbonyl (C=O) groups is 2. The molecule has 2 aromatic rings. The first-order valence-electron chi connectivity index (χ1n) is 6.41. The van der Waals surface area contributed by atoms with Gasteiger partial charge in [0.25, 0.3) is 5.91 Å². The first-order chi connectivity index (χ1) is 10.1. The minimum atomic E-state index is -0.896. The molecule has 0 aliphatic carbocycles. The van der Waals surface area contributed by atoms with E-state index in [1.54, 1.807) is 11.0 Å². The number of carboxylic acids is 1. The Kier molecular flexibility index (Phi) is 3.82. The summed E-state index contributed by atoms with van der Waals surface area (Å²) >= 11 is 4.70. The fourth-order valence-electron chi connectivity index (χ4n) is 2.56. The van der Waals surface area contributed by atoms with Crippen LogP contribution in [0.4, 0.5) is 0 Å². The van der Waals surface area contributed by atoms with E-state index in [2.05, 4.69) is 15.9 Å². The largest absolute Gasteiger partial charge is 0.481 e. The van der Waals surface area contributed by atoms with Crippen molar-refractivity contribution in [2.45, 2.75) is 12.5 Å². The topological polar surface area (TPSA) is 57.6 Å².